The SMILES string of the molecule is CC(C)n1cnc2c([N-]Cc3ccc(C(F)(F)F)cc3)nc(Cl)nc21.CC(C)n1cnc2c([N-]Cc3ccc(C(F)(F)F)cc3)nc(Cl)nc21.O=C([O-])C1(C(=O)[O-])CCC1.[Pt+4]. The van der Waals surface area contributed by atoms with E-state index in [-0.39, 0.29) is 69.6 Å². The number of carbonyl (C=O) groups is 2. The zero-order chi connectivity index (χ0) is 44.2. The van der Waals surface area contributed by atoms with Gasteiger partial charge in [0.25, 0.3) is 0 Å². The van der Waals surface area contributed by atoms with E-state index in [0.717, 1.165) is 24.3 Å². The predicted molar refractivity (Wildman–Crippen MR) is 204 cm³/mol. The molecule has 0 N–H and O–H groups in total. The molecule has 0 atom stereocenters. The van der Waals surface area contributed by atoms with Crippen LogP contribution < -0.4 is 10.2 Å². The Kier molecular flexibility index (Phi) is 15.7. The first-order valence-electron chi connectivity index (χ1n) is 18.0. The second-order valence-electron chi connectivity index (χ2n) is 14.0. The average molecular weight is 1070 g/mol. The van der Waals surface area contributed by atoms with E-state index in [2.05, 4.69) is 40.5 Å². The molecule has 6 aromatic rings. The summed E-state index contributed by atoms with van der Waals surface area (Å²) in [6.07, 6.45) is -4.51. The minimum atomic E-state index is -4.36. The quantitative estimate of drug-likeness (QED) is 0.0733. The van der Waals surface area contributed by atoms with Crippen molar-refractivity contribution in [2.75, 3.05) is 0 Å². The van der Waals surface area contributed by atoms with E-state index >= 15 is 0 Å². The molecule has 23 heteroatoms. The van der Waals surface area contributed by atoms with Gasteiger partial charge >= 0.3 is 33.4 Å². The molecule has 0 aliphatic heterocycles. The third-order valence-corrected chi connectivity index (χ3v) is 9.58. The Balaban J connectivity index is 0.000000217. The summed E-state index contributed by atoms with van der Waals surface area (Å²) in [6, 6.07) is 9.94. The first kappa shape index (κ1) is 48.6. The van der Waals surface area contributed by atoms with E-state index in [9.17, 15) is 46.1 Å². The molecule has 1 fully saturated rings. The number of alkyl halides is 6. The topological polar surface area (TPSA) is 196 Å². The molecule has 7 rings (SSSR count). The van der Waals surface area contributed by atoms with E-state index in [1.807, 2.05) is 36.8 Å². The van der Waals surface area contributed by atoms with Crippen LogP contribution in [-0.2, 0) is 56.1 Å². The number of carboxylic acid groups (broad SMARTS) is 2. The fourth-order valence-electron chi connectivity index (χ4n) is 5.68. The largest absolute Gasteiger partial charge is 4.00 e. The molecule has 1 aliphatic rings. The molecule has 0 spiro atoms. The summed E-state index contributed by atoms with van der Waals surface area (Å²) in [5, 5.41) is 29.2. The second-order valence-corrected chi connectivity index (χ2v) is 14.7. The van der Waals surface area contributed by atoms with Gasteiger partial charge in [-0.1, -0.05) is 53.9 Å². The molecule has 61 heavy (non-hydrogen) atoms. The number of carbonyl (C=O) groups excluding carboxylic acids is 2. The molecule has 2 aromatic carbocycles. The van der Waals surface area contributed by atoms with Gasteiger partial charge in [-0.3, -0.25) is 0 Å². The van der Waals surface area contributed by atoms with Gasteiger partial charge in [-0.05, 0) is 101 Å². The number of hydrogen-bond donors (Lipinski definition) is 0. The van der Waals surface area contributed by atoms with Crippen LogP contribution >= 0.6 is 23.2 Å². The van der Waals surface area contributed by atoms with Gasteiger partial charge in [0.05, 0.1) is 35.7 Å². The minimum absolute atomic E-state index is 0. The summed E-state index contributed by atoms with van der Waals surface area (Å²) in [5.74, 6) is -2.40. The van der Waals surface area contributed by atoms with Gasteiger partial charge in [0.1, 0.15) is 21.6 Å². The summed E-state index contributed by atoms with van der Waals surface area (Å²) in [7, 11) is 0. The Hall–Kier alpha value is -5.07. The molecule has 1 saturated carbocycles. The Morgan fingerprint density at radius 1 is 0.672 bits per heavy atom. The van der Waals surface area contributed by atoms with Crippen LogP contribution in [0.15, 0.2) is 61.2 Å². The molecule has 1 aliphatic carbocycles. The van der Waals surface area contributed by atoms with Crippen molar-refractivity contribution >= 4 is 69.1 Å². The third-order valence-electron chi connectivity index (χ3n) is 9.24. The number of imidazole rings is 2. The summed E-state index contributed by atoms with van der Waals surface area (Å²) in [6.45, 7) is 8.25. The van der Waals surface area contributed by atoms with Crippen molar-refractivity contribution in [1.82, 2.24) is 39.0 Å². The molecule has 0 unspecified atom stereocenters. The summed E-state index contributed by atoms with van der Waals surface area (Å²) >= 11 is 11.9. The predicted octanol–water partition coefficient (Wildman–Crippen LogP) is 8.22. The Morgan fingerprint density at radius 2 is 1.02 bits per heavy atom. The van der Waals surface area contributed by atoms with E-state index in [0.29, 0.717) is 51.5 Å². The van der Waals surface area contributed by atoms with Crippen molar-refractivity contribution < 1.29 is 67.2 Å². The third kappa shape index (κ3) is 11.6. The van der Waals surface area contributed by atoms with Gasteiger partial charge in [0.15, 0.2) is 11.3 Å². The van der Waals surface area contributed by atoms with Crippen LogP contribution in [0.25, 0.3) is 33.0 Å². The van der Waals surface area contributed by atoms with Gasteiger partial charge in [0, 0.05) is 17.5 Å². The molecule has 326 valence electrons. The van der Waals surface area contributed by atoms with Crippen LogP contribution in [-0.4, -0.2) is 51.0 Å². The fraction of sp³-hybridized carbons (Fsp3) is 0.368. The van der Waals surface area contributed by atoms with Crippen molar-refractivity contribution in [2.24, 2.45) is 5.41 Å². The molecule has 0 radical (unpaired) electrons. The number of fused-ring (bicyclic) bond motifs is 2. The zero-order valence-electron chi connectivity index (χ0n) is 32.4. The number of nitrogens with zero attached hydrogens (tertiary/aromatic N) is 10. The van der Waals surface area contributed by atoms with E-state index in [1.165, 1.54) is 24.3 Å². The summed E-state index contributed by atoms with van der Waals surface area (Å²) < 4.78 is 79.2. The van der Waals surface area contributed by atoms with Crippen molar-refractivity contribution in [3.05, 3.63) is 105 Å². The maximum absolute atomic E-state index is 12.6. The minimum Gasteiger partial charge on any atom is -0.549 e. The van der Waals surface area contributed by atoms with Crippen LogP contribution in [0.5, 0.6) is 0 Å². The smallest absolute Gasteiger partial charge is 0.549 e. The van der Waals surface area contributed by atoms with Crippen molar-refractivity contribution in [3.63, 3.8) is 0 Å². The zero-order valence-corrected chi connectivity index (χ0v) is 36.2. The second kappa shape index (κ2) is 19.8. The molecule has 0 amide bonds. The van der Waals surface area contributed by atoms with Gasteiger partial charge in [-0.25, -0.2) is 19.9 Å². The number of halogens is 8. The normalized spacial score (nSPS) is 13.4. The molecular formula is C38H34Cl2F6N10O4Pt. The van der Waals surface area contributed by atoms with Crippen LogP contribution in [0.4, 0.5) is 38.0 Å². The van der Waals surface area contributed by atoms with Gasteiger partial charge in [-0.15, -0.1) is 0 Å². The molecule has 0 bridgehead atoms. The van der Waals surface area contributed by atoms with E-state index in [4.69, 9.17) is 23.2 Å². The molecule has 0 saturated heterocycles. The Morgan fingerprint density at radius 3 is 1.26 bits per heavy atom. The average Bonchev–Trinajstić information content (AvgIpc) is 3.77. The molecule has 4 aromatic heterocycles. The molecule has 4 heterocycles. The number of benzene rings is 2. The van der Waals surface area contributed by atoms with E-state index in [1.54, 1.807) is 12.7 Å². The van der Waals surface area contributed by atoms with Crippen molar-refractivity contribution in [3.8, 4) is 0 Å². The van der Waals surface area contributed by atoms with Crippen LogP contribution in [0.2, 0.25) is 10.6 Å². The van der Waals surface area contributed by atoms with Crippen LogP contribution in [0.1, 0.15) is 81.3 Å². The maximum Gasteiger partial charge on any atom is 4.00 e. The summed E-state index contributed by atoms with van der Waals surface area (Å²) in [5.41, 5.74) is 0.342. The maximum atomic E-state index is 12.6. The van der Waals surface area contributed by atoms with Crippen molar-refractivity contribution in [2.45, 2.75) is 84.5 Å². The van der Waals surface area contributed by atoms with Crippen LogP contribution in [0, 0.1) is 5.41 Å². The Labute approximate surface area is 368 Å². The monoisotopic (exact) mass is 1070 g/mol. The van der Waals surface area contributed by atoms with E-state index < -0.39 is 40.8 Å². The van der Waals surface area contributed by atoms with Gasteiger partial charge < -0.3 is 49.5 Å². The number of aromatic nitrogens is 8. The fourth-order valence-corrected chi connectivity index (χ4v) is 6.00. The molecule has 14 nitrogen and oxygen atoms in total. The number of hydrogen-bond acceptors (Lipinski definition) is 10. The van der Waals surface area contributed by atoms with Crippen molar-refractivity contribution in [1.29, 1.82) is 0 Å². The number of rotatable bonds is 10. The first-order chi connectivity index (χ1) is 28.1. The number of carboxylic acids is 2. The Bertz CT molecular complexity index is 2290. The van der Waals surface area contributed by atoms with Gasteiger partial charge in [0.2, 0.25) is 0 Å². The molecular weight excluding hydrogens is 1040 g/mol. The number of aliphatic carboxylic acids is 2. The summed E-state index contributed by atoms with van der Waals surface area (Å²) in [4.78, 5) is 45.5. The van der Waals surface area contributed by atoms with Gasteiger partial charge in [-0.2, -0.15) is 26.3 Å². The first-order valence-corrected chi connectivity index (χ1v) is 18.8. The van der Waals surface area contributed by atoms with Crippen LogP contribution in [0.3, 0.4) is 0 Å². The standard InChI is InChI=1S/2C16H14ClF3N5.C6H8O4.Pt/c2*1-9(2)25-8-22-12-13(23-15(17)24-14(12)25)21-7-10-3-5-11(6-4-10)16(18,19)20;7-4(8)6(5(9)10)2-1-3-6;/h2*3-6,8-9H,7H2,1-2H3;1-3H2,(H,7,8)(H,9,10);/q2*-1;;+4/p-2.